The highest BCUT2D eigenvalue weighted by atomic mass is 16.5. The van der Waals surface area contributed by atoms with Gasteiger partial charge in [0.05, 0.1) is 6.61 Å². The summed E-state index contributed by atoms with van der Waals surface area (Å²) in [5.41, 5.74) is 1.79. The van der Waals surface area contributed by atoms with E-state index in [9.17, 15) is 4.79 Å². The van der Waals surface area contributed by atoms with E-state index >= 15 is 0 Å². The van der Waals surface area contributed by atoms with Gasteiger partial charge in [-0.3, -0.25) is 4.79 Å². The van der Waals surface area contributed by atoms with E-state index in [1.54, 1.807) is 7.11 Å². The summed E-state index contributed by atoms with van der Waals surface area (Å²) in [6, 6.07) is 8.09. The second-order valence-electron chi connectivity index (χ2n) is 5.71. The molecular formula is C17H26N2O2. The minimum absolute atomic E-state index is 0.114. The summed E-state index contributed by atoms with van der Waals surface area (Å²) in [5, 5.41) is 0. The largest absolute Gasteiger partial charge is 0.380 e. The van der Waals surface area contributed by atoms with Gasteiger partial charge in [-0.2, -0.15) is 0 Å². The molecule has 1 saturated heterocycles. The summed E-state index contributed by atoms with van der Waals surface area (Å²) in [6.07, 6.45) is 2.13. The quantitative estimate of drug-likeness (QED) is 0.835. The molecule has 0 spiro atoms. The predicted octanol–water partition coefficient (Wildman–Crippen LogP) is 2.39. The Morgan fingerprint density at radius 3 is 2.71 bits per heavy atom. The van der Waals surface area contributed by atoms with Gasteiger partial charge in [0.1, 0.15) is 0 Å². The first-order valence-electron chi connectivity index (χ1n) is 7.73. The van der Waals surface area contributed by atoms with Crippen LogP contribution >= 0.6 is 0 Å². The van der Waals surface area contributed by atoms with Crippen LogP contribution in [0.25, 0.3) is 0 Å². The lowest BCUT2D eigenvalue weighted by molar-refractivity contribution is 0.0646. The second-order valence-corrected chi connectivity index (χ2v) is 5.71. The second kappa shape index (κ2) is 7.57. The lowest BCUT2D eigenvalue weighted by Gasteiger charge is -2.36. The maximum atomic E-state index is 12.6. The Balaban J connectivity index is 2.00. The van der Waals surface area contributed by atoms with Crippen molar-refractivity contribution in [3.05, 3.63) is 35.4 Å². The van der Waals surface area contributed by atoms with Gasteiger partial charge in [0.15, 0.2) is 0 Å². The Bertz CT molecular complexity index is 468. The molecule has 0 saturated carbocycles. The van der Waals surface area contributed by atoms with Crippen LogP contribution in [0.2, 0.25) is 0 Å². The zero-order valence-electron chi connectivity index (χ0n) is 13.3. The van der Waals surface area contributed by atoms with E-state index in [1.165, 1.54) is 0 Å². The van der Waals surface area contributed by atoms with Crippen LogP contribution in [0.1, 0.15) is 35.7 Å². The number of methoxy groups -OCH3 is 1. The summed E-state index contributed by atoms with van der Waals surface area (Å²) < 4.78 is 5.13. The molecule has 1 fully saturated rings. The highest BCUT2D eigenvalue weighted by Crippen LogP contribution is 2.18. The number of carbonyl (C=O) groups excluding carboxylic acids is 1. The molecule has 4 heteroatoms. The molecule has 4 nitrogen and oxygen atoms in total. The molecule has 0 bridgehead atoms. The van der Waals surface area contributed by atoms with Gasteiger partial charge in [0.2, 0.25) is 0 Å². The third-order valence-electron chi connectivity index (χ3n) is 4.36. The molecule has 1 aromatic carbocycles. The van der Waals surface area contributed by atoms with Crippen LogP contribution in [-0.2, 0) is 11.3 Å². The smallest absolute Gasteiger partial charge is 0.253 e. The topological polar surface area (TPSA) is 32.8 Å². The Kier molecular flexibility index (Phi) is 5.76. The molecule has 1 heterocycles. The SMILES string of the molecule is CCN1CCC(N(C)C(=O)c2cccc(COC)c2)CC1. The van der Waals surface area contributed by atoms with E-state index in [0.29, 0.717) is 12.6 Å². The van der Waals surface area contributed by atoms with Gasteiger partial charge in [0, 0.05) is 38.9 Å². The van der Waals surface area contributed by atoms with Gasteiger partial charge >= 0.3 is 0 Å². The highest BCUT2D eigenvalue weighted by Gasteiger charge is 2.25. The van der Waals surface area contributed by atoms with E-state index in [1.807, 2.05) is 36.2 Å². The van der Waals surface area contributed by atoms with Gasteiger partial charge in [-0.25, -0.2) is 0 Å². The van der Waals surface area contributed by atoms with Crippen molar-refractivity contribution in [1.82, 2.24) is 9.80 Å². The predicted molar refractivity (Wildman–Crippen MR) is 84.4 cm³/mol. The molecular weight excluding hydrogens is 264 g/mol. The average Bonchev–Trinajstić information content (AvgIpc) is 2.54. The Labute approximate surface area is 127 Å². The number of likely N-dealkylation sites (tertiary alicyclic amines) is 1. The fourth-order valence-corrected chi connectivity index (χ4v) is 2.95. The van der Waals surface area contributed by atoms with Crippen molar-refractivity contribution in [3.8, 4) is 0 Å². The summed E-state index contributed by atoms with van der Waals surface area (Å²) >= 11 is 0. The molecule has 0 atom stereocenters. The van der Waals surface area contributed by atoms with E-state index in [2.05, 4.69) is 11.8 Å². The van der Waals surface area contributed by atoms with E-state index in [-0.39, 0.29) is 5.91 Å². The summed E-state index contributed by atoms with van der Waals surface area (Å²) in [6.45, 7) is 6.00. The first-order chi connectivity index (χ1) is 10.2. The maximum absolute atomic E-state index is 12.6. The van der Waals surface area contributed by atoms with Gasteiger partial charge in [-0.05, 0) is 37.1 Å². The van der Waals surface area contributed by atoms with Crippen LogP contribution < -0.4 is 0 Å². The molecule has 0 aromatic heterocycles. The standard InChI is InChI=1S/C17H26N2O2/c1-4-19-10-8-16(9-11-19)18(2)17(20)15-7-5-6-14(12-15)13-21-3/h5-7,12,16H,4,8-11,13H2,1-3H3. The number of benzene rings is 1. The number of nitrogens with zero attached hydrogens (tertiary/aromatic N) is 2. The number of hydrogen-bond donors (Lipinski definition) is 0. The van der Waals surface area contributed by atoms with E-state index in [0.717, 1.165) is 43.6 Å². The average molecular weight is 290 g/mol. The maximum Gasteiger partial charge on any atom is 0.253 e. The lowest BCUT2D eigenvalue weighted by Crippen LogP contribution is -2.45. The van der Waals surface area contributed by atoms with Crippen molar-refractivity contribution in [2.45, 2.75) is 32.4 Å². The molecule has 1 amide bonds. The first kappa shape index (κ1) is 16.0. The van der Waals surface area contributed by atoms with Gasteiger partial charge in [-0.15, -0.1) is 0 Å². The molecule has 1 aliphatic heterocycles. The molecule has 0 aliphatic carbocycles. The van der Waals surface area contributed by atoms with Crippen molar-refractivity contribution in [1.29, 1.82) is 0 Å². The van der Waals surface area contributed by atoms with Crippen LogP contribution in [0.3, 0.4) is 0 Å². The third kappa shape index (κ3) is 4.05. The van der Waals surface area contributed by atoms with Crippen molar-refractivity contribution in [2.75, 3.05) is 33.8 Å². The zero-order valence-corrected chi connectivity index (χ0v) is 13.3. The van der Waals surface area contributed by atoms with Crippen LogP contribution in [0.5, 0.6) is 0 Å². The minimum Gasteiger partial charge on any atom is -0.380 e. The third-order valence-corrected chi connectivity index (χ3v) is 4.36. The first-order valence-corrected chi connectivity index (χ1v) is 7.73. The molecule has 0 radical (unpaired) electrons. The fraction of sp³-hybridized carbons (Fsp3) is 0.588. The summed E-state index contributed by atoms with van der Waals surface area (Å²) in [5.74, 6) is 0.114. The molecule has 21 heavy (non-hydrogen) atoms. The van der Waals surface area contributed by atoms with Crippen molar-refractivity contribution < 1.29 is 9.53 Å². The van der Waals surface area contributed by atoms with Gasteiger partial charge < -0.3 is 14.5 Å². The van der Waals surface area contributed by atoms with Gasteiger partial charge in [-0.1, -0.05) is 19.1 Å². The van der Waals surface area contributed by atoms with E-state index in [4.69, 9.17) is 4.74 Å². The molecule has 2 rings (SSSR count). The number of hydrogen-bond acceptors (Lipinski definition) is 3. The number of amides is 1. The molecule has 0 unspecified atom stereocenters. The number of rotatable bonds is 5. The zero-order chi connectivity index (χ0) is 15.2. The Morgan fingerprint density at radius 2 is 2.10 bits per heavy atom. The normalized spacial score (nSPS) is 16.9. The summed E-state index contributed by atoms with van der Waals surface area (Å²) in [4.78, 5) is 17.0. The van der Waals surface area contributed by atoms with Crippen molar-refractivity contribution in [2.24, 2.45) is 0 Å². The Hall–Kier alpha value is -1.39. The molecule has 1 aromatic rings. The van der Waals surface area contributed by atoms with E-state index < -0.39 is 0 Å². The summed E-state index contributed by atoms with van der Waals surface area (Å²) in [7, 11) is 3.60. The minimum atomic E-state index is 0.114. The number of ether oxygens (including phenoxy) is 1. The van der Waals surface area contributed by atoms with Crippen LogP contribution in [0.4, 0.5) is 0 Å². The lowest BCUT2D eigenvalue weighted by atomic mass is 10.0. The molecule has 116 valence electrons. The fourth-order valence-electron chi connectivity index (χ4n) is 2.95. The highest BCUT2D eigenvalue weighted by molar-refractivity contribution is 5.94. The van der Waals surface area contributed by atoms with Crippen molar-refractivity contribution in [3.63, 3.8) is 0 Å². The Morgan fingerprint density at radius 1 is 1.38 bits per heavy atom. The van der Waals surface area contributed by atoms with Gasteiger partial charge in [0.25, 0.3) is 5.91 Å². The van der Waals surface area contributed by atoms with Crippen LogP contribution in [-0.4, -0.2) is 55.5 Å². The monoisotopic (exact) mass is 290 g/mol. The number of piperidine rings is 1. The number of carbonyl (C=O) groups is 1. The molecule has 0 N–H and O–H groups in total. The van der Waals surface area contributed by atoms with Crippen molar-refractivity contribution >= 4 is 5.91 Å². The van der Waals surface area contributed by atoms with Crippen LogP contribution in [0, 0.1) is 0 Å². The molecule has 1 aliphatic rings. The van der Waals surface area contributed by atoms with Crippen LogP contribution in [0.15, 0.2) is 24.3 Å².